The van der Waals surface area contributed by atoms with Crippen molar-refractivity contribution in [2.24, 2.45) is 4.99 Å². The highest BCUT2D eigenvalue weighted by Crippen LogP contribution is 2.21. The molecule has 0 fully saturated rings. The minimum Gasteiger partial charge on any atom is -0.357 e. The monoisotopic (exact) mass is 455 g/mol. The van der Waals surface area contributed by atoms with Crippen LogP contribution in [0.2, 0.25) is 5.02 Å². The number of nitrogens with zero attached hydrogens (tertiary/aromatic N) is 1. The van der Waals surface area contributed by atoms with Gasteiger partial charge in [-0.25, -0.2) is 4.99 Å². The largest absolute Gasteiger partial charge is 0.357 e. The quantitative estimate of drug-likeness (QED) is 0.315. The van der Waals surface area contributed by atoms with Gasteiger partial charge in [0.25, 0.3) is 0 Å². The molecule has 0 atom stereocenters. The summed E-state index contributed by atoms with van der Waals surface area (Å²) in [5, 5.41) is 6.83. The Kier molecular flexibility index (Phi) is 10.1. The average molecular weight is 457 g/mol. The molecule has 0 saturated heterocycles. The second-order valence-corrected chi connectivity index (χ2v) is 4.81. The zero-order valence-corrected chi connectivity index (χ0v) is 15.2. The molecule has 0 bridgehead atoms. The van der Waals surface area contributed by atoms with Crippen LogP contribution in [0.4, 0.5) is 0 Å². The van der Waals surface area contributed by atoms with Crippen molar-refractivity contribution in [2.45, 2.75) is 13.5 Å². The Bertz CT molecular complexity index is 471. The molecule has 2 N–H and O–H groups in total. The van der Waals surface area contributed by atoms with Crippen molar-refractivity contribution >= 4 is 57.5 Å². The molecule has 0 saturated carbocycles. The summed E-state index contributed by atoms with van der Waals surface area (Å²) in [6.07, 6.45) is 5.20. The summed E-state index contributed by atoms with van der Waals surface area (Å²) in [7, 11) is 0. The van der Waals surface area contributed by atoms with Gasteiger partial charge in [-0.2, -0.15) is 0 Å². The summed E-state index contributed by atoms with van der Waals surface area (Å²) >= 11 is 9.49. The topological polar surface area (TPSA) is 36.4 Å². The smallest absolute Gasteiger partial charge is 0.192 e. The van der Waals surface area contributed by atoms with E-state index < -0.39 is 0 Å². The van der Waals surface area contributed by atoms with Gasteiger partial charge in [-0.3, -0.25) is 0 Å². The van der Waals surface area contributed by atoms with E-state index >= 15 is 0 Å². The number of nitrogens with one attached hydrogen (secondary N) is 2. The van der Waals surface area contributed by atoms with E-state index in [1.165, 1.54) is 0 Å². The van der Waals surface area contributed by atoms with Crippen LogP contribution < -0.4 is 10.6 Å². The number of benzene rings is 1. The SMILES string of the molecule is C#CCNC(=NCc1ccc(Br)cc1Cl)NCC.I. The Morgan fingerprint density at radius 3 is 2.79 bits per heavy atom. The fourth-order valence-electron chi connectivity index (χ4n) is 1.29. The molecule has 0 unspecified atom stereocenters. The van der Waals surface area contributed by atoms with Crippen LogP contribution in [-0.4, -0.2) is 19.0 Å². The van der Waals surface area contributed by atoms with Crippen LogP contribution >= 0.6 is 51.5 Å². The Morgan fingerprint density at radius 1 is 1.47 bits per heavy atom. The lowest BCUT2D eigenvalue weighted by Gasteiger charge is -2.09. The van der Waals surface area contributed by atoms with Crippen molar-refractivity contribution in [1.82, 2.24) is 10.6 Å². The number of hydrogen-bond acceptors (Lipinski definition) is 1. The third-order valence-electron chi connectivity index (χ3n) is 2.12. The van der Waals surface area contributed by atoms with Gasteiger partial charge in [0, 0.05) is 16.0 Å². The number of terminal acetylenes is 1. The molecule has 0 spiro atoms. The second-order valence-electron chi connectivity index (χ2n) is 3.49. The lowest BCUT2D eigenvalue weighted by Crippen LogP contribution is -2.37. The van der Waals surface area contributed by atoms with Crippen molar-refractivity contribution in [1.29, 1.82) is 0 Å². The van der Waals surface area contributed by atoms with Gasteiger partial charge in [0.15, 0.2) is 5.96 Å². The molecular formula is C13H16BrClIN3. The summed E-state index contributed by atoms with van der Waals surface area (Å²) in [4.78, 5) is 4.41. The highest BCUT2D eigenvalue weighted by atomic mass is 127. The standard InChI is InChI=1S/C13H15BrClN3.HI/c1-3-7-17-13(16-4-2)18-9-10-5-6-11(14)8-12(10)15;/h1,5-6,8H,4,7,9H2,2H3,(H2,16,17,18);1H. The van der Waals surface area contributed by atoms with Gasteiger partial charge < -0.3 is 10.6 Å². The van der Waals surface area contributed by atoms with Crippen LogP contribution in [0.5, 0.6) is 0 Å². The summed E-state index contributed by atoms with van der Waals surface area (Å²) in [6, 6.07) is 5.74. The van der Waals surface area contributed by atoms with E-state index in [2.05, 4.69) is 37.5 Å². The number of aliphatic imine (C=N–C) groups is 1. The minimum atomic E-state index is 0. The van der Waals surface area contributed by atoms with E-state index in [1.54, 1.807) is 0 Å². The molecule has 3 nitrogen and oxygen atoms in total. The van der Waals surface area contributed by atoms with Crippen molar-refractivity contribution in [3.63, 3.8) is 0 Å². The maximum absolute atomic E-state index is 6.12. The molecule has 6 heteroatoms. The lowest BCUT2D eigenvalue weighted by molar-refractivity contribution is 0.865. The Labute approximate surface area is 144 Å². The highest BCUT2D eigenvalue weighted by Gasteiger charge is 2.01. The number of halogens is 3. The van der Waals surface area contributed by atoms with Crippen LogP contribution in [0.1, 0.15) is 12.5 Å². The number of hydrogen-bond donors (Lipinski definition) is 2. The van der Waals surface area contributed by atoms with Crippen molar-refractivity contribution < 1.29 is 0 Å². The maximum atomic E-state index is 6.12. The van der Waals surface area contributed by atoms with Crippen molar-refractivity contribution in [2.75, 3.05) is 13.1 Å². The first-order valence-corrected chi connectivity index (χ1v) is 6.74. The van der Waals surface area contributed by atoms with E-state index in [9.17, 15) is 0 Å². The van der Waals surface area contributed by atoms with E-state index in [1.807, 2.05) is 25.1 Å². The Hall–Kier alpha value is -0.450. The fourth-order valence-corrected chi connectivity index (χ4v) is 2.02. The Morgan fingerprint density at radius 2 is 2.21 bits per heavy atom. The van der Waals surface area contributed by atoms with Gasteiger partial charge in [0.1, 0.15) is 0 Å². The van der Waals surface area contributed by atoms with Crippen LogP contribution in [-0.2, 0) is 6.54 Å². The average Bonchev–Trinajstić information content (AvgIpc) is 2.34. The molecule has 0 aliphatic heterocycles. The van der Waals surface area contributed by atoms with Gasteiger partial charge in [-0.1, -0.05) is 39.5 Å². The van der Waals surface area contributed by atoms with E-state index in [-0.39, 0.29) is 24.0 Å². The van der Waals surface area contributed by atoms with Gasteiger partial charge in [0.05, 0.1) is 13.1 Å². The van der Waals surface area contributed by atoms with Crippen LogP contribution in [0.3, 0.4) is 0 Å². The van der Waals surface area contributed by atoms with Crippen molar-refractivity contribution in [3.05, 3.63) is 33.3 Å². The molecule has 0 aromatic heterocycles. The summed E-state index contributed by atoms with van der Waals surface area (Å²) in [5.41, 5.74) is 0.970. The molecule has 0 heterocycles. The summed E-state index contributed by atoms with van der Waals surface area (Å²) in [6.45, 7) is 3.73. The maximum Gasteiger partial charge on any atom is 0.192 e. The fraction of sp³-hybridized carbons (Fsp3) is 0.308. The Balaban J connectivity index is 0.00000324. The third-order valence-corrected chi connectivity index (χ3v) is 2.97. The van der Waals surface area contributed by atoms with E-state index in [4.69, 9.17) is 18.0 Å². The zero-order chi connectivity index (χ0) is 13.4. The molecular weight excluding hydrogens is 440 g/mol. The molecule has 104 valence electrons. The predicted octanol–water partition coefficient (Wildman–Crippen LogP) is 3.41. The summed E-state index contributed by atoms with van der Waals surface area (Å²) in [5.74, 6) is 3.20. The first-order valence-electron chi connectivity index (χ1n) is 5.57. The van der Waals surface area contributed by atoms with Crippen LogP contribution in [0.25, 0.3) is 0 Å². The predicted molar refractivity (Wildman–Crippen MR) is 96.2 cm³/mol. The number of guanidine groups is 1. The molecule has 1 aromatic carbocycles. The molecule has 19 heavy (non-hydrogen) atoms. The molecule has 1 rings (SSSR count). The molecule has 0 amide bonds. The lowest BCUT2D eigenvalue weighted by atomic mass is 10.2. The minimum absolute atomic E-state index is 0. The zero-order valence-electron chi connectivity index (χ0n) is 10.5. The third kappa shape index (κ3) is 7.04. The van der Waals surface area contributed by atoms with Crippen LogP contribution in [0.15, 0.2) is 27.7 Å². The first kappa shape index (κ1) is 18.6. The van der Waals surface area contributed by atoms with Gasteiger partial charge in [-0.15, -0.1) is 30.4 Å². The molecule has 0 aliphatic carbocycles. The summed E-state index contributed by atoms with van der Waals surface area (Å²) < 4.78 is 0.956. The van der Waals surface area contributed by atoms with Gasteiger partial charge >= 0.3 is 0 Å². The highest BCUT2D eigenvalue weighted by molar-refractivity contribution is 14.0. The first-order chi connectivity index (χ1) is 8.67. The molecule has 1 aromatic rings. The van der Waals surface area contributed by atoms with Gasteiger partial charge in [-0.05, 0) is 24.6 Å². The van der Waals surface area contributed by atoms with E-state index in [0.717, 1.165) is 16.6 Å². The van der Waals surface area contributed by atoms with Crippen LogP contribution in [0, 0.1) is 12.3 Å². The van der Waals surface area contributed by atoms with E-state index in [0.29, 0.717) is 24.1 Å². The molecule has 0 radical (unpaired) electrons. The van der Waals surface area contributed by atoms with Crippen molar-refractivity contribution in [3.8, 4) is 12.3 Å². The second kappa shape index (κ2) is 10.4. The number of rotatable bonds is 4. The molecule has 0 aliphatic rings. The normalized spacial score (nSPS) is 10.3. The van der Waals surface area contributed by atoms with Gasteiger partial charge in [0.2, 0.25) is 0 Å².